The number of hydrogen-bond acceptors (Lipinski definition) is 2. The summed E-state index contributed by atoms with van der Waals surface area (Å²) in [5.41, 5.74) is 0. The van der Waals surface area contributed by atoms with E-state index in [1.165, 1.54) is 18.2 Å². The summed E-state index contributed by atoms with van der Waals surface area (Å²) in [6, 6.07) is 0. The van der Waals surface area contributed by atoms with E-state index in [0.29, 0.717) is 0 Å². The summed E-state index contributed by atoms with van der Waals surface area (Å²) in [5.74, 6) is -2.06. The molecule has 0 bridgehead atoms. The smallest absolute Gasteiger partial charge is 0.303 e. The number of rotatable bonds is 4. The first kappa shape index (κ1) is 12.1. The largest absolute Gasteiger partial charge is 0.481 e. The van der Waals surface area contributed by atoms with E-state index in [2.05, 4.69) is 15.9 Å². The number of allylic oxidation sites excluding steroid dienone is 4. The Kier molecular flexibility index (Phi) is 4.20. The van der Waals surface area contributed by atoms with E-state index in [1.807, 2.05) is 0 Å². The van der Waals surface area contributed by atoms with Crippen LogP contribution in [-0.2, 0) is 9.59 Å². The molecule has 1 N–H and O–H groups in total. The van der Waals surface area contributed by atoms with Crippen LogP contribution in [0.25, 0.3) is 0 Å². The normalized spacial score (nSPS) is 24.8. The maximum absolute atomic E-state index is 12.7. The van der Waals surface area contributed by atoms with Crippen LogP contribution in [0.4, 0.5) is 4.39 Å². The third kappa shape index (κ3) is 3.58. The van der Waals surface area contributed by atoms with Crippen molar-refractivity contribution >= 4 is 27.7 Å². The van der Waals surface area contributed by atoms with E-state index in [9.17, 15) is 14.0 Å². The number of halogens is 2. The van der Waals surface area contributed by atoms with Gasteiger partial charge in [-0.3, -0.25) is 9.59 Å². The minimum absolute atomic E-state index is 0.0259. The number of Topliss-reactive ketones (excluding diaryl/α,β-unsaturated/α-hetero) is 1. The quantitative estimate of drug-likeness (QED) is 0.802. The van der Waals surface area contributed by atoms with Crippen molar-refractivity contribution in [2.75, 3.05) is 0 Å². The molecular weight excluding hydrogens is 267 g/mol. The standard InChI is InChI=1S/C10H10BrFO3/c11-8-5-6(12)1-2-7(8)9(13)3-4-10(14)15/h1-2,5,7-8H,3-4H2,(H,14,15). The van der Waals surface area contributed by atoms with E-state index in [1.54, 1.807) is 0 Å². The molecule has 1 rings (SSSR count). The number of ketones is 1. The Labute approximate surface area is 94.8 Å². The molecule has 0 aromatic carbocycles. The van der Waals surface area contributed by atoms with Crippen LogP contribution < -0.4 is 0 Å². The van der Waals surface area contributed by atoms with Crippen molar-refractivity contribution in [1.82, 2.24) is 0 Å². The third-order valence-electron chi connectivity index (χ3n) is 2.08. The monoisotopic (exact) mass is 276 g/mol. The van der Waals surface area contributed by atoms with E-state index in [-0.39, 0.29) is 29.3 Å². The number of alkyl halides is 1. The number of carboxylic acid groups (broad SMARTS) is 1. The first-order valence-corrected chi connectivity index (χ1v) is 5.36. The van der Waals surface area contributed by atoms with Gasteiger partial charge in [-0.2, -0.15) is 0 Å². The molecule has 2 atom stereocenters. The van der Waals surface area contributed by atoms with Crippen molar-refractivity contribution in [1.29, 1.82) is 0 Å². The van der Waals surface area contributed by atoms with Crippen molar-refractivity contribution in [2.24, 2.45) is 5.92 Å². The molecule has 1 aliphatic rings. The lowest BCUT2D eigenvalue weighted by molar-refractivity contribution is -0.138. The van der Waals surface area contributed by atoms with Crippen molar-refractivity contribution < 1.29 is 19.1 Å². The SMILES string of the molecule is O=C(O)CCC(=O)C1C=CC(F)=CC1Br. The predicted octanol–water partition coefficient (Wildman–Crippen LogP) is 2.22. The zero-order valence-corrected chi connectivity index (χ0v) is 9.41. The first-order chi connectivity index (χ1) is 7.00. The molecule has 0 spiro atoms. The molecule has 82 valence electrons. The number of hydrogen-bond donors (Lipinski definition) is 1. The molecule has 2 unspecified atom stereocenters. The molecule has 0 saturated heterocycles. The van der Waals surface area contributed by atoms with Gasteiger partial charge in [0.25, 0.3) is 0 Å². The topological polar surface area (TPSA) is 54.4 Å². The molecule has 15 heavy (non-hydrogen) atoms. The minimum Gasteiger partial charge on any atom is -0.481 e. The highest BCUT2D eigenvalue weighted by molar-refractivity contribution is 9.09. The van der Waals surface area contributed by atoms with Crippen LogP contribution in [0.3, 0.4) is 0 Å². The summed E-state index contributed by atoms with van der Waals surface area (Å²) in [5, 5.41) is 8.41. The first-order valence-electron chi connectivity index (χ1n) is 4.45. The maximum Gasteiger partial charge on any atom is 0.303 e. The lowest BCUT2D eigenvalue weighted by atomic mass is 9.93. The van der Waals surface area contributed by atoms with E-state index in [4.69, 9.17) is 5.11 Å². The average Bonchev–Trinajstić information content (AvgIpc) is 2.14. The van der Waals surface area contributed by atoms with Crippen LogP contribution in [0, 0.1) is 5.92 Å². The molecule has 0 aromatic rings. The van der Waals surface area contributed by atoms with E-state index < -0.39 is 11.9 Å². The van der Waals surface area contributed by atoms with Gasteiger partial charge in [0, 0.05) is 11.2 Å². The summed E-state index contributed by atoms with van der Waals surface area (Å²) in [6.45, 7) is 0. The molecule has 0 aromatic heterocycles. The van der Waals surface area contributed by atoms with Gasteiger partial charge >= 0.3 is 5.97 Å². The van der Waals surface area contributed by atoms with Gasteiger partial charge in [0.1, 0.15) is 11.6 Å². The number of carboxylic acids is 1. The number of carbonyl (C=O) groups excluding carboxylic acids is 1. The zero-order chi connectivity index (χ0) is 11.4. The maximum atomic E-state index is 12.7. The Morgan fingerprint density at radius 1 is 1.47 bits per heavy atom. The molecule has 0 radical (unpaired) electrons. The lowest BCUT2D eigenvalue weighted by Gasteiger charge is -2.17. The van der Waals surface area contributed by atoms with Gasteiger partial charge in [-0.1, -0.05) is 22.0 Å². The second-order valence-electron chi connectivity index (χ2n) is 3.24. The van der Waals surface area contributed by atoms with Crippen LogP contribution in [-0.4, -0.2) is 21.7 Å². The molecule has 1 aliphatic carbocycles. The van der Waals surface area contributed by atoms with Gasteiger partial charge in [0.2, 0.25) is 0 Å². The van der Waals surface area contributed by atoms with Crippen LogP contribution in [0.5, 0.6) is 0 Å². The molecule has 0 aliphatic heterocycles. The van der Waals surface area contributed by atoms with Crippen molar-refractivity contribution in [3.05, 3.63) is 24.1 Å². The van der Waals surface area contributed by atoms with Gasteiger partial charge in [0.05, 0.1) is 12.3 Å². The van der Waals surface area contributed by atoms with Crippen LogP contribution in [0.2, 0.25) is 0 Å². The zero-order valence-electron chi connectivity index (χ0n) is 7.82. The van der Waals surface area contributed by atoms with Gasteiger partial charge in [-0.05, 0) is 12.2 Å². The molecular formula is C10H10BrFO3. The molecule has 0 amide bonds. The van der Waals surface area contributed by atoms with Crippen molar-refractivity contribution in [2.45, 2.75) is 17.7 Å². The number of carbonyl (C=O) groups is 2. The summed E-state index contributed by atoms with van der Waals surface area (Å²) in [4.78, 5) is 21.4. The fourth-order valence-electron chi connectivity index (χ4n) is 1.29. The highest BCUT2D eigenvalue weighted by Crippen LogP contribution is 2.25. The van der Waals surface area contributed by atoms with Gasteiger partial charge < -0.3 is 5.11 Å². The fourth-order valence-corrected chi connectivity index (χ4v) is 2.02. The Hall–Kier alpha value is -0.970. The van der Waals surface area contributed by atoms with Gasteiger partial charge in [0.15, 0.2) is 0 Å². The minimum atomic E-state index is -1.00. The highest BCUT2D eigenvalue weighted by atomic mass is 79.9. The lowest BCUT2D eigenvalue weighted by Crippen LogP contribution is -2.23. The Bertz CT molecular complexity index is 336. The Balaban J connectivity index is 2.55. The Morgan fingerprint density at radius 3 is 2.67 bits per heavy atom. The van der Waals surface area contributed by atoms with Crippen LogP contribution >= 0.6 is 15.9 Å². The summed E-state index contributed by atoms with van der Waals surface area (Å²) >= 11 is 3.17. The molecule has 5 heteroatoms. The fraction of sp³-hybridized carbons (Fsp3) is 0.400. The second kappa shape index (κ2) is 5.21. The molecule has 0 heterocycles. The summed E-state index contributed by atoms with van der Waals surface area (Å²) < 4.78 is 12.7. The highest BCUT2D eigenvalue weighted by Gasteiger charge is 2.25. The van der Waals surface area contributed by atoms with Crippen molar-refractivity contribution in [3.8, 4) is 0 Å². The van der Waals surface area contributed by atoms with Crippen LogP contribution in [0.1, 0.15) is 12.8 Å². The average molecular weight is 277 g/mol. The summed E-state index contributed by atoms with van der Waals surface area (Å²) in [6.07, 6.45) is 3.76. The third-order valence-corrected chi connectivity index (χ3v) is 2.92. The Morgan fingerprint density at radius 2 is 2.13 bits per heavy atom. The van der Waals surface area contributed by atoms with Gasteiger partial charge in [-0.25, -0.2) is 4.39 Å². The molecule has 3 nitrogen and oxygen atoms in total. The van der Waals surface area contributed by atoms with Gasteiger partial charge in [-0.15, -0.1) is 0 Å². The van der Waals surface area contributed by atoms with E-state index >= 15 is 0 Å². The second-order valence-corrected chi connectivity index (χ2v) is 4.30. The number of aliphatic carboxylic acids is 1. The van der Waals surface area contributed by atoms with Crippen molar-refractivity contribution in [3.63, 3.8) is 0 Å². The van der Waals surface area contributed by atoms with Crippen LogP contribution in [0.15, 0.2) is 24.1 Å². The predicted molar refractivity (Wildman–Crippen MR) is 56.4 cm³/mol. The molecule has 0 fully saturated rings. The van der Waals surface area contributed by atoms with E-state index in [0.717, 1.165) is 0 Å². The summed E-state index contributed by atoms with van der Waals surface area (Å²) in [7, 11) is 0. The molecule has 0 saturated carbocycles.